The van der Waals surface area contributed by atoms with Crippen LogP contribution in [0.15, 0.2) is 24.3 Å². The van der Waals surface area contributed by atoms with Crippen LogP contribution in [0.2, 0.25) is 0 Å². The van der Waals surface area contributed by atoms with E-state index >= 15 is 0 Å². The molecule has 0 bridgehead atoms. The molecule has 3 nitrogen and oxygen atoms in total. The summed E-state index contributed by atoms with van der Waals surface area (Å²) in [5.41, 5.74) is 1.52. The molecule has 0 fully saturated rings. The predicted octanol–water partition coefficient (Wildman–Crippen LogP) is 3.34. The van der Waals surface area contributed by atoms with Crippen molar-refractivity contribution in [3.05, 3.63) is 29.8 Å². The van der Waals surface area contributed by atoms with Crippen molar-refractivity contribution >= 4 is 0 Å². The summed E-state index contributed by atoms with van der Waals surface area (Å²) in [4.78, 5) is 2.53. The zero-order chi connectivity index (χ0) is 15.9. The topological polar surface area (TPSA) is 24.5 Å². The Morgan fingerprint density at radius 2 is 1.71 bits per heavy atom. The first-order valence-electron chi connectivity index (χ1n) is 8.04. The van der Waals surface area contributed by atoms with Crippen molar-refractivity contribution in [3.8, 4) is 5.75 Å². The van der Waals surface area contributed by atoms with Crippen molar-refractivity contribution in [2.45, 2.75) is 52.1 Å². The van der Waals surface area contributed by atoms with Crippen molar-refractivity contribution in [2.24, 2.45) is 0 Å². The molecular formula is C18H32N2O. The molecule has 120 valence electrons. The first-order valence-corrected chi connectivity index (χ1v) is 8.04. The van der Waals surface area contributed by atoms with E-state index in [1.165, 1.54) is 5.56 Å². The summed E-state index contributed by atoms with van der Waals surface area (Å²) >= 11 is 0. The lowest BCUT2D eigenvalue weighted by Crippen LogP contribution is -2.57. The molecule has 0 heterocycles. The zero-order valence-corrected chi connectivity index (χ0v) is 14.6. The van der Waals surface area contributed by atoms with E-state index in [-0.39, 0.29) is 5.54 Å². The van der Waals surface area contributed by atoms with Crippen LogP contribution in [0.3, 0.4) is 0 Å². The number of hydrogen-bond acceptors (Lipinski definition) is 3. The summed E-state index contributed by atoms with van der Waals surface area (Å²) in [6.45, 7) is 11.3. The maximum absolute atomic E-state index is 5.21. The van der Waals surface area contributed by atoms with Gasteiger partial charge in [0.15, 0.2) is 0 Å². The monoisotopic (exact) mass is 292 g/mol. The quantitative estimate of drug-likeness (QED) is 0.755. The molecule has 1 aromatic rings. The Morgan fingerprint density at radius 1 is 1.14 bits per heavy atom. The number of methoxy groups -OCH3 is 1. The number of aryl methyl sites for hydroxylation is 1. The van der Waals surface area contributed by atoms with E-state index in [1.54, 1.807) is 7.11 Å². The van der Waals surface area contributed by atoms with Crippen LogP contribution in [0, 0.1) is 0 Å². The van der Waals surface area contributed by atoms with Crippen LogP contribution in [-0.4, -0.2) is 43.7 Å². The number of rotatable bonds is 9. The molecule has 0 aliphatic rings. The second kappa shape index (κ2) is 8.40. The van der Waals surface area contributed by atoms with E-state index in [9.17, 15) is 0 Å². The Labute approximate surface area is 130 Å². The van der Waals surface area contributed by atoms with E-state index in [1.807, 2.05) is 12.1 Å². The fourth-order valence-electron chi connectivity index (χ4n) is 3.21. The summed E-state index contributed by atoms with van der Waals surface area (Å²) in [6, 6.07) is 8.88. The molecule has 0 saturated heterocycles. The summed E-state index contributed by atoms with van der Waals surface area (Å²) in [6.07, 6.45) is 2.21. The molecule has 0 saturated carbocycles. The fourth-order valence-corrected chi connectivity index (χ4v) is 3.21. The lowest BCUT2D eigenvalue weighted by molar-refractivity contribution is 0.0909. The highest BCUT2D eigenvalue weighted by molar-refractivity contribution is 5.27. The largest absolute Gasteiger partial charge is 0.497 e. The molecule has 3 heteroatoms. The third-order valence-corrected chi connectivity index (χ3v) is 4.66. The third-order valence-electron chi connectivity index (χ3n) is 4.66. The van der Waals surface area contributed by atoms with Gasteiger partial charge in [-0.25, -0.2) is 0 Å². The van der Waals surface area contributed by atoms with E-state index < -0.39 is 0 Å². The normalized spacial score (nSPS) is 13.5. The van der Waals surface area contributed by atoms with E-state index in [2.05, 4.69) is 57.1 Å². The van der Waals surface area contributed by atoms with Crippen molar-refractivity contribution in [3.63, 3.8) is 0 Å². The minimum Gasteiger partial charge on any atom is -0.497 e. The molecule has 21 heavy (non-hydrogen) atoms. The smallest absolute Gasteiger partial charge is 0.118 e. The van der Waals surface area contributed by atoms with E-state index in [4.69, 9.17) is 4.74 Å². The number of nitrogens with one attached hydrogen (secondary N) is 1. The molecule has 1 unspecified atom stereocenters. The first kappa shape index (κ1) is 18.0. The van der Waals surface area contributed by atoms with Crippen LogP contribution in [0.1, 0.15) is 39.7 Å². The lowest BCUT2D eigenvalue weighted by Gasteiger charge is -2.43. The van der Waals surface area contributed by atoms with Crippen LogP contribution in [-0.2, 0) is 6.42 Å². The van der Waals surface area contributed by atoms with Crippen molar-refractivity contribution in [2.75, 3.05) is 27.2 Å². The maximum atomic E-state index is 5.21. The number of hydrogen-bond donors (Lipinski definition) is 1. The second-order valence-corrected chi connectivity index (χ2v) is 6.05. The summed E-state index contributed by atoms with van der Waals surface area (Å²) in [7, 11) is 3.78. The minimum absolute atomic E-state index is 0.157. The zero-order valence-electron chi connectivity index (χ0n) is 14.6. The molecule has 0 aliphatic carbocycles. The summed E-state index contributed by atoms with van der Waals surface area (Å²) in [5, 5.41) is 3.52. The number of benzene rings is 1. The Bertz CT molecular complexity index is 396. The number of ether oxygens (including phenoxy) is 1. The van der Waals surface area contributed by atoms with Crippen LogP contribution in [0.25, 0.3) is 0 Å². The highest BCUT2D eigenvalue weighted by Crippen LogP contribution is 2.23. The van der Waals surface area contributed by atoms with Gasteiger partial charge in [-0.2, -0.15) is 0 Å². The average Bonchev–Trinajstić information content (AvgIpc) is 2.49. The van der Waals surface area contributed by atoms with Gasteiger partial charge in [0.2, 0.25) is 0 Å². The van der Waals surface area contributed by atoms with Gasteiger partial charge in [-0.1, -0.05) is 26.0 Å². The lowest BCUT2D eigenvalue weighted by atomic mass is 9.87. The van der Waals surface area contributed by atoms with Gasteiger partial charge in [-0.3, -0.25) is 4.90 Å². The van der Waals surface area contributed by atoms with E-state index in [0.29, 0.717) is 6.04 Å². The second-order valence-electron chi connectivity index (χ2n) is 6.05. The van der Waals surface area contributed by atoms with Gasteiger partial charge in [-0.15, -0.1) is 0 Å². The van der Waals surface area contributed by atoms with Crippen molar-refractivity contribution in [1.29, 1.82) is 0 Å². The van der Waals surface area contributed by atoms with Crippen LogP contribution in [0.5, 0.6) is 5.75 Å². The maximum Gasteiger partial charge on any atom is 0.118 e. The van der Waals surface area contributed by atoms with Crippen LogP contribution in [0.4, 0.5) is 0 Å². The average molecular weight is 292 g/mol. The van der Waals surface area contributed by atoms with Crippen molar-refractivity contribution < 1.29 is 4.74 Å². The molecule has 1 atom stereocenters. The Balaban J connectivity index is 2.68. The molecule has 0 amide bonds. The van der Waals surface area contributed by atoms with E-state index in [0.717, 1.165) is 31.7 Å². The molecule has 0 radical (unpaired) electrons. The summed E-state index contributed by atoms with van der Waals surface area (Å²) in [5.74, 6) is 0.924. The van der Waals surface area contributed by atoms with Gasteiger partial charge < -0.3 is 10.1 Å². The van der Waals surface area contributed by atoms with Gasteiger partial charge in [0.25, 0.3) is 0 Å². The summed E-state index contributed by atoms with van der Waals surface area (Å²) < 4.78 is 5.21. The Hall–Kier alpha value is -1.06. The first-order chi connectivity index (χ1) is 9.99. The van der Waals surface area contributed by atoms with Crippen LogP contribution < -0.4 is 10.1 Å². The molecular weight excluding hydrogens is 260 g/mol. The highest BCUT2D eigenvalue weighted by Gasteiger charge is 2.32. The molecule has 1 aromatic carbocycles. The molecule has 1 rings (SSSR count). The van der Waals surface area contributed by atoms with Gasteiger partial charge in [0, 0.05) is 11.6 Å². The molecule has 0 spiro atoms. The van der Waals surface area contributed by atoms with Gasteiger partial charge in [-0.05, 0) is 64.5 Å². The third kappa shape index (κ3) is 4.72. The predicted molar refractivity (Wildman–Crippen MR) is 91.2 cm³/mol. The molecule has 1 N–H and O–H groups in total. The number of likely N-dealkylation sites (N-methyl/N-ethyl adjacent to an activating group) is 2. The highest BCUT2D eigenvalue weighted by atomic mass is 16.5. The molecule has 0 aliphatic heterocycles. The van der Waals surface area contributed by atoms with Crippen LogP contribution >= 0.6 is 0 Å². The van der Waals surface area contributed by atoms with Crippen molar-refractivity contribution in [1.82, 2.24) is 10.2 Å². The van der Waals surface area contributed by atoms with Gasteiger partial charge >= 0.3 is 0 Å². The minimum atomic E-state index is 0.157. The Kier molecular flexibility index (Phi) is 7.20. The fraction of sp³-hybridized carbons (Fsp3) is 0.667. The SMILES string of the molecule is CCN(CC)C(C)(C)C(CCc1ccc(OC)cc1)NC. The number of nitrogens with zero attached hydrogens (tertiary/aromatic N) is 1. The van der Waals surface area contributed by atoms with Gasteiger partial charge in [0.1, 0.15) is 5.75 Å². The van der Waals surface area contributed by atoms with Gasteiger partial charge in [0.05, 0.1) is 7.11 Å². The standard InChI is InChI=1S/C18H32N2O/c1-7-20(8-2)18(3,4)17(19-5)14-11-15-9-12-16(21-6)13-10-15/h9-10,12-13,17,19H,7-8,11,14H2,1-6H3. The Morgan fingerprint density at radius 3 is 2.14 bits per heavy atom. The molecule has 0 aromatic heterocycles.